The standard InChI is InChI=1S/C9H11NS/c1-4-6-8-9(5-2)11-7(3)10-8/h4-6H,2H2,1,3H3. The summed E-state index contributed by atoms with van der Waals surface area (Å²) in [7, 11) is 0. The van der Waals surface area contributed by atoms with Gasteiger partial charge < -0.3 is 0 Å². The highest BCUT2D eigenvalue weighted by atomic mass is 32.1. The van der Waals surface area contributed by atoms with E-state index in [0.29, 0.717) is 0 Å². The highest BCUT2D eigenvalue weighted by Crippen LogP contribution is 2.19. The van der Waals surface area contributed by atoms with Crippen molar-refractivity contribution in [2.24, 2.45) is 0 Å². The van der Waals surface area contributed by atoms with Gasteiger partial charge in [-0.05, 0) is 26.0 Å². The molecule has 0 fully saturated rings. The minimum Gasteiger partial charge on any atom is -0.242 e. The van der Waals surface area contributed by atoms with E-state index in [9.17, 15) is 0 Å². The van der Waals surface area contributed by atoms with Gasteiger partial charge in [-0.3, -0.25) is 0 Å². The van der Waals surface area contributed by atoms with Gasteiger partial charge in [0.2, 0.25) is 0 Å². The monoisotopic (exact) mass is 165 g/mol. The molecule has 0 spiro atoms. The average molecular weight is 165 g/mol. The van der Waals surface area contributed by atoms with Gasteiger partial charge in [-0.2, -0.15) is 0 Å². The number of nitrogens with zero attached hydrogens (tertiary/aromatic N) is 1. The first-order chi connectivity index (χ1) is 5.27. The van der Waals surface area contributed by atoms with Crippen LogP contribution >= 0.6 is 11.3 Å². The fraction of sp³-hybridized carbons (Fsp3) is 0.222. The summed E-state index contributed by atoms with van der Waals surface area (Å²) in [5.41, 5.74) is 1.03. The Kier molecular flexibility index (Phi) is 2.60. The van der Waals surface area contributed by atoms with Crippen LogP contribution in [0.25, 0.3) is 12.2 Å². The molecule has 0 aliphatic rings. The minimum absolute atomic E-state index is 1.03. The first-order valence-corrected chi connectivity index (χ1v) is 4.32. The molecule has 1 nitrogen and oxygen atoms in total. The van der Waals surface area contributed by atoms with Crippen LogP contribution in [0.3, 0.4) is 0 Å². The molecular weight excluding hydrogens is 154 g/mol. The second kappa shape index (κ2) is 3.49. The molecule has 0 atom stereocenters. The molecule has 0 radical (unpaired) electrons. The van der Waals surface area contributed by atoms with E-state index in [-0.39, 0.29) is 0 Å². The third-order valence-electron chi connectivity index (χ3n) is 1.30. The topological polar surface area (TPSA) is 12.9 Å². The Morgan fingerprint density at radius 1 is 1.55 bits per heavy atom. The zero-order valence-corrected chi connectivity index (χ0v) is 7.61. The second-order valence-electron chi connectivity index (χ2n) is 2.19. The summed E-state index contributed by atoms with van der Waals surface area (Å²) in [6.07, 6.45) is 5.84. The van der Waals surface area contributed by atoms with Crippen LogP contribution in [0.1, 0.15) is 22.5 Å². The van der Waals surface area contributed by atoms with Crippen molar-refractivity contribution in [1.82, 2.24) is 4.98 Å². The molecule has 0 N–H and O–H groups in total. The smallest absolute Gasteiger partial charge is 0.0907 e. The van der Waals surface area contributed by atoms with Crippen molar-refractivity contribution in [2.45, 2.75) is 13.8 Å². The molecule has 1 aromatic heterocycles. The number of allylic oxidation sites excluding steroid dienone is 1. The predicted molar refractivity (Wildman–Crippen MR) is 51.7 cm³/mol. The van der Waals surface area contributed by atoms with Gasteiger partial charge in [-0.25, -0.2) is 4.98 Å². The van der Waals surface area contributed by atoms with E-state index >= 15 is 0 Å². The Hall–Kier alpha value is -0.890. The van der Waals surface area contributed by atoms with Gasteiger partial charge >= 0.3 is 0 Å². The lowest BCUT2D eigenvalue weighted by Crippen LogP contribution is -1.73. The highest BCUT2D eigenvalue weighted by molar-refractivity contribution is 7.12. The van der Waals surface area contributed by atoms with E-state index in [4.69, 9.17) is 0 Å². The minimum atomic E-state index is 1.03. The molecule has 11 heavy (non-hydrogen) atoms. The maximum Gasteiger partial charge on any atom is 0.0907 e. The number of hydrogen-bond donors (Lipinski definition) is 0. The maximum atomic E-state index is 4.33. The quantitative estimate of drug-likeness (QED) is 0.656. The third-order valence-corrected chi connectivity index (χ3v) is 2.28. The molecule has 0 aliphatic carbocycles. The Bertz CT molecular complexity index is 284. The summed E-state index contributed by atoms with van der Waals surface area (Å²) in [5, 5.41) is 1.09. The molecule has 2 heteroatoms. The molecule has 1 aromatic rings. The Labute approximate surface area is 71.1 Å². The van der Waals surface area contributed by atoms with E-state index in [1.54, 1.807) is 11.3 Å². The Morgan fingerprint density at radius 3 is 2.82 bits per heavy atom. The summed E-state index contributed by atoms with van der Waals surface area (Å²) >= 11 is 1.67. The van der Waals surface area contributed by atoms with Gasteiger partial charge in [-0.1, -0.05) is 12.7 Å². The molecule has 1 rings (SSSR count). The average Bonchev–Trinajstić information content (AvgIpc) is 2.32. The summed E-state index contributed by atoms with van der Waals surface area (Å²) in [5.74, 6) is 0. The van der Waals surface area contributed by atoms with Crippen LogP contribution in [0.5, 0.6) is 0 Å². The molecule has 0 aromatic carbocycles. The lowest BCUT2D eigenvalue weighted by atomic mass is 10.3. The molecular formula is C9H11NS. The molecule has 0 saturated carbocycles. The van der Waals surface area contributed by atoms with Crippen LogP contribution in [-0.4, -0.2) is 4.98 Å². The largest absolute Gasteiger partial charge is 0.242 e. The van der Waals surface area contributed by atoms with E-state index in [1.165, 1.54) is 0 Å². The first-order valence-electron chi connectivity index (χ1n) is 3.50. The van der Waals surface area contributed by atoms with Crippen LogP contribution in [0.15, 0.2) is 12.7 Å². The third kappa shape index (κ3) is 1.77. The van der Waals surface area contributed by atoms with E-state index in [0.717, 1.165) is 15.6 Å². The lowest BCUT2D eigenvalue weighted by molar-refractivity contribution is 1.27. The van der Waals surface area contributed by atoms with Gasteiger partial charge in [0.05, 0.1) is 15.6 Å². The second-order valence-corrected chi connectivity index (χ2v) is 3.42. The predicted octanol–water partition coefficient (Wildman–Crippen LogP) is 3.13. The van der Waals surface area contributed by atoms with Crippen molar-refractivity contribution in [3.05, 3.63) is 28.2 Å². The van der Waals surface area contributed by atoms with Crippen molar-refractivity contribution in [2.75, 3.05) is 0 Å². The van der Waals surface area contributed by atoms with Gasteiger partial charge in [0, 0.05) is 0 Å². The van der Waals surface area contributed by atoms with Crippen LogP contribution in [0.2, 0.25) is 0 Å². The van der Waals surface area contributed by atoms with Crippen molar-refractivity contribution in [3.63, 3.8) is 0 Å². The van der Waals surface area contributed by atoms with Crippen molar-refractivity contribution in [3.8, 4) is 0 Å². The summed E-state index contributed by atoms with van der Waals surface area (Å²) in [6, 6.07) is 0. The number of rotatable bonds is 2. The van der Waals surface area contributed by atoms with Crippen LogP contribution < -0.4 is 0 Å². The maximum absolute atomic E-state index is 4.33. The van der Waals surface area contributed by atoms with Gasteiger partial charge in [0.25, 0.3) is 0 Å². The summed E-state index contributed by atoms with van der Waals surface area (Å²) in [4.78, 5) is 5.48. The van der Waals surface area contributed by atoms with Crippen LogP contribution in [0.4, 0.5) is 0 Å². The van der Waals surface area contributed by atoms with Gasteiger partial charge in [0.15, 0.2) is 0 Å². The zero-order valence-electron chi connectivity index (χ0n) is 6.79. The molecule has 0 aliphatic heterocycles. The van der Waals surface area contributed by atoms with E-state index in [1.807, 2.05) is 32.1 Å². The highest BCUT2D eigenvalue weighted by Gasteiger charge is 2.00. The molecule has 58 valence electrons. The van der Waals surface area contributed by atoms with Crippen LogP contribution in [-0.2, 0) is 0 Å². The van der Waals surface area contributed by atoms with E-state index in [2.05, 4.69) is 11.6 Å². The van der Waals surface area contributed by atoms with E-state index < -0.39 is 0 Å². The van der Waals surface area contributed by atoms with Crippen molar-refractivity contribution < 1.29 is 0 Å². The fourth-order valence-corrected chi connectivity index (χ4v) is 1.65. The lowest BCUT2D eigenvalue weighted by Gasteiger charge is -1.84. The Balaban J connectivity index is 3.11. The van der Waals surface area contributed by atoms with Crippen molar-refractivity contribution in [1.29, 1.82) is 0 Å². The van der Waals surface area contributed by atoms with Gasteiger partial charge in [0.1, 0.15) is 0 Å². The number of thiazole rings is 1. The Morgan fingerprint density at radius 2 is 2.27 bits per heavy atom. The number of hydrogen-bond acceptors (Lipinski definition) is 2. The number of aryl methyl sites for hydroxylation is 1. The number of aromatic nitrogens is 1. The van der Waals surface area contributed by atoms with Crippen molar-refractivity contribution >= 4 is 23.5 Å². The normalized spacial score (nSPS) is 10.7. The molecule has 0 saturated heterocycles. The van der Waals surface area contributed by atoms with Gasteiger partial charge in [-0.15, -0.1) is 11.3 Å². The zero-order chi connectivity index (χ0) is 8.27. The molecule has 0 amide bonds. The molecule has 0 unspecified atom stereocenters. The van der Waals surface area contributed by atoms with Crippen LogP contribution in [0, 0.1) is 6.92 Å². The fourth-order valence-electron chi connectivity index (χ4n) is 0.882. The SMILES string of the molecule is C=Cc1sc(C)nc1C=CC. The summed E-state index contributed by atoms with van der Waals surface area (Å²) < 4.78 is 0. The summed E-state index contributed by atoms with van der Waals surface area (Å²) in [6.45, 7) is 7.72. The molecule has 0 bridgehead atoms. The first kappa shape index (κ1) is 8.21. The molecule has 1 heterocycles.